The highest BCUT2D eigenvalue weighted by atomic mass is 35.5. The van der Waals surface area contributed by atoms with E-state index < -0.39 is 5.60 Å². The van der Waals surface area contributed by atoms with Crippen LogP contribution >= 0.6 is 23.2 Å². The first-order valence-electron chi connectivity index (χ1n) is 9.81. The summed E-state index contributed by atoms with van der Waals surface area (Å²) in [5.74, 6) is 0.564. The van der Waals surface area contributed by atoms with Gasteiger partial charge in [-0.3, -0.25) is 4.68 Å². The molecule has 1 aromatic carbocycles. The van der Waals surface area contributed by atoms with Gasteiger partial charge in [-0.05, 0) is 64.3 Å². The number of piperidine rings is 1. The SMILES string of the molecule is CC(C)(C)OC(=O)N1CCCCC1Cn1ccc(COc2ccc(Cl)cc2Cl)n1. The van der Waals surface area contributed by atoms with Crippen LogP contribution in [0.1, 0.15) is 45.7 Å². The number of rotatable bonds is 5. The lowest BCUT2D eigenvalue weighted by atomic mass is 10.0. The van der Waals surface area contributed by atoms with Crippen molar-refractivity contribution in [2.45, 2.75) is 64.8 Å². The second-order valence-electron chi connectivity index (χ2n) is 8.22. The molecule has 0 saturated carbocycles. The average Bonchev–Trinajstić information content (AvgIpc) is 3.07. The van der Waals surface area contributed by atoms with Crippen molar-refractivity contribution in [1.82, 2.24) is 14.7 Å². The molecule has 1 unspecified atom stereocenters. The summed E-state index contributed by atoms with van der Waals surface area (Å²) in [4.78, 5) is 14.4. The molecule has 0 radical (unpaired) electrons. The van der Waals surface area contributed by atoms with E-state index in [1.165, 1.54) is 0 Å². The molecule has 3 rings (SSSR count). The third kappa shape index (κ3) is 6.28. The van der Waals surface area contributed by atoms with Gasteiger partial charge in [-0.1, -0.05) is 23.2 Å². The number of ether oxygens (including phenoxy) is 2. The number of amides is 1. The number of aromatic nitrogens is 2. The van der Waals surface area contributed by atoms with Gasteiger partial charge in [-0.25, -0.2) is 4.79 Å². The van der Waals surface area contributed by atoms with Gasteiger partial charge < -0.3 is 14.4 Å². The van der Waals surface area contributed by atoms with Crippen molar-refractivity contribution in [2.24, 2.45) is 0 Å². The molecule has 2 aromatic rings. The average molecular weight is 440 g/mol. The normalized spacial score (nSPS) is 17.3. The maximum Gasteiger partial charge on any atom is 0.410 e. The Kier molecular flexibility index (Phi) is 6.96. The third-order valence-corrected chi connectivity index (χ3v) is 5.15. The molecule has 0 N–H and O–H groups in total. The zero-order valence-corrected chi connectivity index (χ0v) is 18.5. The van der Waals surface area contributed by atoms with Gasteiger partial charge in [-0.15, -0.1) is 0 Å². The minimum Gasteiger partial charge on any atom is -0.486 e. The first-order chi connectivity index (χ1) is 13.7. The molecule has 2 heterocycles. The van der Waals surface area contributed by atoms with Crippen LogP contribution in [0.2, 0.25) is 10.0 Å². The maximum atomic E-state index is 12.6. The van der Waals surface area contributed by atoms with Gasteiger partial charge in [0, 0.05) is 17.8 Å². The van der Waals surface area contributed by atoms with Crippen LogP contribution in [0, 0.1) is 0 Å². The van der Waals surface area contributed by atoms with Crippen molar-refractivity contribution in [1.29, 1.82) is 0 Å². The second-order valence-corrected chi connectivity index (χ2v) is 9.06. The smallest absolute Gasteiger partial charge is 0.410 e. The van der Waals surface area contributed by atoms with E-state index in [4.69, 9.17) is 32.7 Å². The minimum atomic E-state index is -0.502. The summed E-state index contributed by atoms with van der Waals surface area (Å²) in [6.45, 7) is 7.30. The zero-order valence-electron chi connectivity index (χ0n) is 17.0. The first-order valence-corrected chi connectivity index (χ1v) is 10.6. The molecule has 1 amide bonds. The highest BCUT2D eigenvalue weighted by molar-refractivity contribution is 6.35. The van der Waals surface area contributed by atoms with E-state index in [0.717, 1.165) is 25.0 Å². The molecule has 8 heteroatoms. The van der Waals surface area contributed by atoms with E-state index in [2.05, 4.69) is 5.10 Å². The number of hydrogen-bond acceptors (Lipinski definition) is 4. The highest BCUT2D eigenvalue weighted by Gasteiger charge is 2.30. The Bertz CT molecular complexity index is 848. The molecular formula is C21H27Cl2N3O3. The van der Waals surface area contributed by atoms with E-state index >= 15 is 0 Å². The van der Waals surface area contributed by atoms with Crippen molar-refractivity contribution in [3.8, 4) is 5.75 Å². The predicted octanol–water partition coefficient (Wildman–Crippen LogP) is 5.56. The van der Waals surface area contributed by atoms with E-state index in [1.807, 2.05) is 42.6 Å². The number of carbonyl (C=O) groups excluding carboxylic acids is 1. The number of likely N-dealkylation sites (tertiary alicyclic amines) is 1. The number of benzene rings is 1. The summed E-state index contributed by atoms with van der Waals surface area (Å²) in [5.41, 5.74) is 0.286. The van der Waals surface area contributed by atoms with E-state index in [1.54, 1.807) is 18.2 Å². The Morgan fingerprint density at radius 3 is 2.76 bits per heavy atom. The fourth-order valence-corrected chi connectivity index (χ4v) is 3.76. The third-order valence-electron chi connectivity index (χ3n) is 4.62. The van der Waals surface area contributed by atoms with Crippen molar-refractivity contribution in [3.05, 3.63) is 46.2 Å². The van der Waals surface area contributed by atoms with E-state index in [9.17, 15) is 4.79 Å². The van der Waals surface area contributed by atoms with Crippen LogP contribution < -0.4 is 4.74 Å². The molecule has 1 aliphatic rings. The fourth-order valence-electron chi connectivity index (χ4n) is 3.29. The van der Waals surface area contributed by atoms with Crippen LogP contribution in [0.15, 0.2) is 30.5 Å². The Labute approximate surface area is 181 Å². The van der Waals surface area contributed by atoms with Gasteiger partial charge >= 0.3 is 6.09 Å². The van der Waals surface area contributed by atoms with Gasteiger partial charge in [0.15, 0.2) is 0 Å². The van der Waals surface area contributed by atoms with Crippen molar-refractivity contribution >= 4 is 29.3 Å². The lowest BCUT2D eigenvalue weighted by Crippen LogP contribution is -2.47. The zero-order chi connectivity index (χ0) is 21.0. The Hall–Kier alpha value is -1.92. The number of carbonyl (C=O) groups is 1. The second kappa shape index (κ2) is 9.26. The Balaban J connectivity index is 1.59. The molecule has 1 saturated heterocycles. The van der Waals surface area contributed by atoms with Gasteiger partial charge in [0.2, 0.25) is 0 Å². The Morgan fingerprint density at radius 1 is 1.24 bits per heavy atom. The van der Waals surface area contributed by atoms with Crippen LogP contribution in [-0.2, 0) is 17.9 Å². The number of halogens is 2. The molecule has 158 valence electrons. The van der Waals surface area contributed by atoms with E-state index in [-0.39, 0.29) is 12.1 Å². The molecule has 0 spiro atoms. The van der Waals surface area contributed by atoms with Crippen molar-refractivity contribution in [2.75, 3.05) is 6.54 Å². The van der Waals surface area contributed by atoms with Gasteiger partial charge in [0.25, 0.3) is 0 Å². The summed E-state index contributed by atoms with van der Waals surface area (Å²) in [7, 11) is 0. The molecule has 1 aliphatic heterocycles. The standard InChI is InChI=1S/C21H27Cl2N3O3/c1-21(2,3)29-20(27)26-10-5-4-6-17(26)13-25-11-9-16(24-25)14-28-19-8-7-15(22)12-18(19)23/h7-9,11-12,17H,4-6,10,13-14H2,1-3H3. The number of hydrogen-bond donors (Lipinski definition) is 0. The fraction of sp³-hybridized carbons (Fsp3) is 0.524. The van der Waals surface area contributed by atoms with Crippen LogP contribution in [-0.4, -0.2) is 39.0 Å². The molecular weight excluding hydrogens is 413 g/mol. The lowest BCUT2D eigenvalue weighted by Gasteiger charge is -2.36. The van der Waals surface area contributed by atoms with Crippen LogP contribution in [0.4, 0.5) is 4.79 Å². The van der Waals surface area contributed by atoms with Crippen LogP contribution in [0.3, 0.4) is 0 Å². The summed E-state index contributed by atoms with van der Waals surface area (Å²) < 4.78 is 13.2. The van der Waals surface area contributed by atoms with Crippen molar-refractivity contribution in [3.63, 3.8) is 0 Å². The predicted molar refractivity (Wildman–Crippen MR) is 114 cm³/mol. The minimum absolute atomic E-state index is 0.0676. The molecule has 0 bridgehead atoms. The van der Waals surface area contributed by atoms with E-state index in [0.29, 0.717) is 35.5 Å². The van der Waals surface area contributed by atoms with Gasteiger partial charge in [0.1, 0.15) is 18.0 Å². The maximum absolute atomic E-state index is 12.6. The summed E-state index contributed by atoms with van der Waals surface area (Å²) >= 11 is 12.0. The summed E-state index contributed by atoms with van der Waals surface area (Å²) in [5, 5.41) is 5.61. The molecule has 6 nitrogen and oxygen atoms in total. The summed E-state index contributed by atoms with van der Waals surface area (Å²) in [6.07, 6.45) is 4.68. The van der Waals surface area contributed by atoms with Crippen LogP contribution in [0.5, 0.6) is 5.75 Å². The first kappa shape index (κ1) is 21.8. The number of nitrogens with zero attached hydrogens (tertiary/aromatic N) is 3. The van der Waals surface area contributed by atoms with Crippen LogP contribution in [0.25, 0.3) is 0 Å². The Morgan fingerprint density at radius 2 is 2.03 bits per heavy atom. The molecule has 1 fully saturated rings. The highest BCUT2D eigenvalue weighted by Crippen LogP contribution is 2.28. The quantitative estimate of drug-likeness (QED) is 0.611. The van der Waals surface area contributed by atoms with Gasteiger partial charge in [0.05, 0.1) is 23.3 Å². The topological polar surface area (TPSA) is 56.6 Å². The van der Waals surface area contributed by atoms with Crippen molar-refractivity contribution < 1.29 is 14.3 Å². The summed E-state index contributed by atoms with van der Waals surface area (Å²) in [6, 6.07) is 7.09. The lowest BCUT2D eigenvalue weighted by molar-refractivity contribution is 0.00737. The molecule has 1 atom stereocenters. The van der Waals surface area contributed by atoms with Gasteiger partial charge in [-0.2, -0.15) is 5.10 Å². The monoisotopic (exact) mass is 439 g/mol. The molecule has 29 heavy (non-hydrogen) atoms. The largest absolute Gasteiger partial charge is 0.486 e. The molecule has 0 aliphatic carbocycles. The molecule has 1 aromatic heterocycles.